The Labute approximate surface area is 113 Å². The van der Waals surface area contributed by atoms with Crippen LogP contribution in [-0.4, -0.2) is 15.1 Å². The first-order valence-corrected chi connectivity index (χ1v) is 9.56. The van der Waals surface area contributed by atoms with E-state index in [1.807, 2.05) is 42.5 Å². The predicted molar refractivity (Wildman–Crippen MR) is 75.4 cm³/mol. The summed E-state index contributed by atoms with van der Waals surface area (Å²) in [4.78, 5) is 0. The Morgan fingerprint density at radius 1 is 0.722 bits per heavy atom. The van der Waals surface area contributed by atoms with Gasteiger partial charge in [0.25, 0.3) is 0 Å². The van der Waals surface area contributed by atoms with Crippen molar-refractivity contribution in [3.8, 4) is 0 Å². The molecule has 0 bridgehead atoms. The maximum atomic E-state index is 5.63. The summed E-state index contributed by atoms with van der Waals surface area (Å²) in [7, 11) is 0. The van der Waals surface area contributed by atoms with Gasteiger partial charge in [-0.05, 0) is 0 Å². The standard InChI is InChI=1S/C14H11O2PSe/c18-17(13-8-4-10-15-13,14-9-5-11-16-14)12-6-2-1-3-7-12/h1-11H. The zero-order valence-electron chi connectivity index (χ0n) is 9.52. The molecule has 18 heavy (non-hydrogen) atoms. The molecular formula is C14H11O2PSe. The summed E-state index contributed by atoms with van der Waals surface area (Å²) in [6.45, 7) is 0. The van der Waals surface area contributed by atoms with Gasteiger partial charge in [0.1, 0.15) is 0 Å². The Kier molecular flexibility index (Phi) is 3.13. The Balaban J connectivity index is 2.26. The van der Waals surface area contributed by atoms with E-state index in [-0.39, 0.29) is 0 Å². The van der Waals surface area contributed by atoms with Crippen LogP contribution in [0.2, 0.25) is 0 Å². The van der Waals surface area contributed by atoms with Gasteiger partial charge in [-0.25, -0.2) is 0 Å². The molecule has 2 heterocycles. The van der Waals surface area contributed by atoms with E-state index in [1.165, 1.54) is 5.30 Å². The van der Waals surface area contributed by atoms with Gasteiger partial charge in [0.05, 0.1) is 0 Å². The van der Waals surface area contributed by atoms with Crippen molar-refractivity contribution in [3.63, 3.8) is 0 Å². The van der Waals surface area contributed by atoms with Crippen LogP contribution in [0.3, 0.4) is 0 Å². The summed E-state index contributed by atoms with van der Waals surface area (Å²) >= 11 is 3.34. The molecule has 0 saturated carbocycles. The molecule has 1 aromatic carbocycles. The molecule has 0 unspecified atom stereocenters. The van der Waals surface area contributed by atoms with Crippen molar-refractivity contribution in [1.29, 1.82) is 0 Å². The first-order valence-electron chi connectivity index (χ1n) is 5.55. The van der Waals surface area contributed by atoms with Gasteiger partial charge in [0.15, 0.2) is 0 Å². The average Bonchev–Trinajstić information content (AvgIpc) is 3.12. The van der Waals surface area contributed by atoms with Gasteiger partial charge in [-0.3, -0.25) is 0 Å². The van der Waals surface area contributed by atoms with Crippen molar-refractivity contribution < 1.29 is 8.83 Å². The maximum absolute atomic E-state index is 5.63. The zero-order valence-corrected chi connectivity index (χ0v) is 12.1. The molecule has 0 atom stereocenters. The van der Waals surface area contributed by atoms with Crippen LogP contribution < -0.4 is 16.3 Å². The fourth-order valence-electron chi connectivity index (χ4n) is 1.90. The third kappa shape index (κ3) is 1.85. The molecule has 0 N–H and O–H groups in total. The normalized spacial score (nSPS) is 11.6. The van der Waals surface area contributed by atoms with E-state index in [0.29, 0.717) is 0 Å². The van der Waals surface area contributed by atoms with Crippen molar-refractivity contribution >= 4 is 36.9 Å². The third-order valence-corrected chi connectivity index (χ3v) is 9.12. The second-order valence-electron chi connectivity index (χ2n) is 3.85. The van der Waals surface area contributed by atoms with Crippen LogP contribution >= 0.6 is 5.51 Å². The molecule has 2 aromatic heterocycles. The Morgan fingerprint density at radius 2 is 1.28 bits per heavy atom. The zero-order chi connectivity index (χ0) is 12.4. The van der Waals surface area contributed by atoms with Crippen molar-refractivity contribution in [2.45, 2.75) is 0 Å². The quantitative estimate of drug-likeness (QED) is 0.546. The summed E-state index contributed by atoms with van der Waals surface area (Å²) < 4.78 is 11.3. The molecule has 0 radical (unpaired) electrons. The van der Waals surface area contributed by atoms with Crippen molar-refractivity contribution in [2.75, 3.05) is 0 Å². The molecule has 0 saturated heterocycles. The fourth-order valence-corrected chi connectivity index (χ4v) is 6.30. The number of benzene rings is 1. The van der Waals surface area contributed by atoms with Gasteiger partial charge >= 0.3 is 113 Å². The van der Waals surface area contributed by atoms with E-state index in [2.05, 4.69) is 27.2 Å². The second kappa shape index (κ2) is 4.78. The van der Waals surface area contributed by atoms with Crippen LogP contribution in [0.1, 0.15) is 0 Å². The number of hydrogen-bond donors (Lipinski definition) is 0. The molecule has 3 rings (SSSR count). The molecule has 0 amide bonds. The SMILES string of the molecule is [Se]=P(c1ccccc1)(c1ccco1)c1ccco1. The summed E-state index contributed by atoms with van der Waals surface area (Å²) in [6, 6.07) is 18.1. The molecule has 0 aliphatic rings. The molecule has 0 aliphatic heterocycles. The van der Waals surface area contributed by atoms with Gasteiger partial charge in [0, 0.05) is 0 Å². The topological polar surface area (TPSA) is 26.3 Å². The van der Waals surface area contributed by atoms with Gasteiger partial charge < -0.3 is 0 Å². The van der Waals surface area contributed by atoms with E-state index in [0.717, 1.165) is 11.0 Å². The van der Waals surface area contributed by atoms with Gasteiger partial charge in [-0.2, -0.15) is 0 Å². The van der Waals surface area contributed by atoms with E-state index < -0.39 is 5.51 Å². The monoisotopic (exact) mass is 322 g/mol. The molecule has 2 nitrogen and oxygen atoms in total. The van der Waals surface area contributed by atoms with E-state index in [1.54, 1.807) is 12.5 Å². The molecule has 90 valence electrons. The van der Waals surface area contributed by atoms with Crippen molar-refractivity contribution in [1.82, 2.24) is 0 Å². The Hall–Kier alpha value is -1.27. The molecule has 0 aliphatic carbocycles. The Bertz CT molecular complexity index is 619. The fraction of sp³-hybridized carbons (Fsp3) is 0. The second-order valence-corrected chi connectivity index (χ2v) is 9.91. The summed E-state index contributed by atoms with van der Waals surface area (Å²) in [5, 5.41) is 1.20. The average molecular weight is 321 g/mol. The predicted octanol–water partition coefficient (Wildman–Crippen LogP) is 2.25. The van der Waals surface area contributed by atoms with Crippen LogP contribution in [0.4, 0.5) is 0 Å². The van der Waals surface area contributed by atoms with Crippen LogP contribution in [0.25, 0.3) is 0 Å². The molecule has 0 spiro atoms. The molecule has 4 heteroatoms. The van der Waals surface area contributed by atoms with Crippen molar-refractivity contribution in [2.24, 2.45) is 0 Å². The van der Waals surface area contributed by atoms with Gasteiger partial charge in [0.2, 0.25) is 0 Å². The molecule has 3 aromatic rings. The van der Waals surface area contributed by atoms with Crippen LogP contribution in [-0.2, 0) is 0 Å². The summed E-state index contributed by atoms with van der Waals surface area (Å²) in [5.41, 5.74) is -0.0213. The van der Waals surface area contributed by atoms with E-state index >= 15 is 0 Å². The van der Waals surface area contributed by atoms with E-state index in [9.17, 15) is 0 Å². The van der Waals surface area contributed by atoms with E-state index in [4.69, 9.17) is 8.83 Å². The number of hydrogen-bond acceptors (Lipinski definition) is 2. The minimum atomic E-state index is -1.89. The van der Waals surface area contributed by atoms with Crippen molar-refractivity contribution in [3.05, 3.63) is 67.1 Å². The first-order chi connectivity index (χ1) is 8.82. The molecular weight excluding hydrogens is 310 g/mol. The van der Waals surface area contributed by atoms with Crippen LogP contribution in [0.5, 0.6) is 0 Å². The summed E-state index contributed by atoms with van der Waals surface area (Å²) in [6.07, 6.45) is 3.40. The van der Waals surface area contributed by atoms with Gasteiger partial charge in [-0.1, -0.05) is 0 Å². The minimum absolute atomic E-state index is 0.934. The molecule has 0 fully saturated rings. The van der Waals surface area contributed by atoms with Crippen LogP contribution in [0.15, 0.2) is 76.0 Å². The van der Waals surface area contributed by atoms with Crippen LogP contribution in [0, 0.1) is 0 Å². The Morgan fingerprint density at radius 3 is 1.72 bits per heavy atom. The first kappa shape index (κ1) is 11.8. The number of rotatable bonds is 3. The third-order valence-electron chi connectivity index (χ3n) is 2.75. The summed E-state index contributed by atoms with van der Waals surface area (Å²) in [5.74, 6) is 0. The van der Waals surface area contributed by atoms with Gasteiger partial charge in [-0.15, -0.1) is 0 Å². The number of furan rings is 2.